The first-order valence-electron chi connectivity index (χ1n) is 7.35. The van der Waals surface area contributed by atoms with Crippen molar-refractivity contribution in [1.82, 2.24) is 4.98 Å². The Kier molecular flexibility index (Phi) is 5.06. The molecule has 3 N–H and O–H groups in total. The Morgan fingerprint density at radius 3 is 2.70 bits per heavy atom. The highest BCUT2D eigenvalue weighted by Crippen LogP contribution is 2.26. The van der Waals surface area contributed by atoms with Gasteiger partial charge in [-0.15, -0.1) is 0 Å². The van der Waals surface area contributed by atoms with Crippen LogP contribution in [0.2, 0.25) is 0 Å². The molecule has 0 saturated carbocycles. The number of aliphatic hydroxyl groups excluding tert-OH is 1. The van der Waals surface area contributed by atoms with Gasteiger partial charge in [-0.2, -0.15) is 4.98 Å². The molecule has 0 radical (unpaired) electrons. The molecule has 0 aromatic carbocycles. The highest BCUT2D eigenvalue weighted by molar-refractivity contribution is 5.54. The van der Waals surface area contributed by atoms with E-state index in [-0.39, 0.29) is 6.61 Å². The highest BCUT2D eigenvalue weighted by atomic mass is 16.5. The minimum absolute atomic E-state index is 0.283. The summed E-state index contributed by atoms with van der Waals surface area (Å²) < 4.78 is 5.67. The van der Waals surface area contributed by atoms with Crippen molar-refractivity contribution < 1.29 is 9.84 Å². The number of aliphatic hydroxyl groups is 1. The number of rotatable bonds is 5. The smallest absolute Gasteiger partial charge is 0.239 e. The SMILES string of the molecule is CC(C)COc1nc(N2CCC(CO)CC2)ccc1N. The number of nitrogens with zero attached hydrogens (tertiary/aromatic N) is 2. The summed E-state index contributed by atoms with van der Waals surface area (Å²) in [6, 6.07) is 3.80. The molecule has 1 aromatic rings. The predicted molar refractivity (Wildman–Crippen MR) is 81.0 cm³/mol. The third-order valence-corrected chi connectivity index (χ3v) is 3.63. The number of piperidine rings is 1. The molecule has 1 fully saturated rings. The molecule has 0 unspecified atom stereocenters. The zero-order valence-corrected chi connectivity index (χ0v) is 12.4. The number of ether oxygens (including phenoxy) is 1. The molecule has 1 aromatic heterocycles. The lowest BCUT2D eigenvalue weighted by atomic mass is 9.98. The van der Waals surface area contributed by atoms with E-state index in [1.807, 2.05) is 12.1 Å². The maximum atomic E-state index is 9.18. The van der Waals surface area contributed by atoms with Crippen LogP contribution in [0.5, 0.6) is 5.88 Å². The molecule has 0 amide bonds. The Hall–Kier alpha value is -1.49. The van der Waals surface area contributed by atoms with Crippen LogP contribution in [0, 0.1) is 11.8 Å². The molecule has 0 atom stereocenters. The Balaban J connectivity index is 2.03. The Bertz CT molecular complexity index is 429. The van der Waals surface area contributed by atoms with Gasteiger partial charge in [-0.05, 0) is 36.8 Å². The van der Waals surface area contributed by atoms with Crippen molar-refractivity contribution in [3.63, 3.8) is 0 Å². The third kappa shape index (κ3) is 3.76. The van der Waals surface area contributed by atoms with Crippen molar-refractivity contribution in [2.75, 3.05) is 36.9 Å². The molecule has 1 aliphatic rings. The van der Waals surface area contributed by atoms with Crippen LogP contribution in [-0.4, -0.2) is 36.4 Å². The standard InChI is InChI=1S/C15H25N3O2/c1-11(2)10-20-15-13(16)3-4-14(17-15)18-7-5-12(9-19)6-8-18/h3-4,11-12,19H,5-10,16H2,1-2H3. The van der Waals surface area contributed by atoms with Gasteiger partial charge in [0, 0.05) is 19.7 Å². The van der Waals surface area contributed by atoms with Gasteiger partial charge in [0.1, 0.15) is 5.82 Å². The van der Waals surface area contributed by atoms with Crippen molar-refractivity contribution in [2.24, 2.45) is 11.8 Å². The van der Waals surface area contributed by atoms with Crippen LogP contribution in [0.4, 0.5) is 11.5 Å². The van der Waals surface area contributed by atoms with Crippen LogP contribution in [0.1, 0.15) is 26.7 Å². The second-order valence-electron chi connectivity index (χ2n) is 5.88. The number of pyridine rings is 1. The van der Waals surface area contributed by atoms with Crippen LogP contribution < -0.4 is 15.4 Å². The largest absolute Gasteiger partial charge is 0.476 e. The Labute approximate surface area is 120 Å². The second-order valence-corrected chi connectivity index (χ2v) is 5.88. The number of hydrogen-bond acceptors (Lipinski definition) is 5. The maximum Gasteiger partial charge on any atom is 0.239 e. The van der Waals surface area contributed by atoms with Gasteiger partial charge in [0.25, 0.3) is 0 Å². The number of nitrogens with two attached hydrogens (primary N) is 1. The molecule has 2 heterocycles. The summed E-state index contributed by atoms with van der Waals surface area (Å²) in [7, 11) is 0. The molecule has 20 heavy (non-hydrogen) atoms. The van der Waals surface area contributed by atoms with Crippen molar-refractivity contribution in [3.8, 4) is 5.88 Å². The summed E-state index contributed by atoms with van der Waals surface area (Å²) in [5, 5.41) is 9.18. The molecule has 5 nitrogen and oxygen atoms in total. The lowest BCUT2D eigenvalue weighted by molar-refractivity contribution is 0.202. The lowest BCUT2D eigenvalue weighted by Crippen LogP contribution is -2.35. The fourth-order valence-corrected chi connectivity index (χ4v) is 2.32. The fraction of sp³-hybridized carbons (Fsp3) is 0.667. The summed E-state index contributed by atoms with van der Waals surface area (Å²) in [4.78, 5) is 6.76. The topological polar surface area (TPSA) is 71.6 Å². The average Bonchev–Trinajstić information content (AvgIpc) is 2.46. The molecule has 5 heteroatoms. The van der Waals surface area contributed by atoms with Crippen LogP contribution in [-0.2, 0) is 0 Å². The first-order valence-corrected chi connectivity index (χ1v) is 7.35. The van der Waals surface area contributed by atoms with E-state index in [9.17, 15) is 5.11 Å². The fourth-order valence-electron chi connectivity index (χ4n) is 2.32. The minimum atomic E-state index is 0.283. The molecule has 0 spiro atoms. The normalized spacial score (nSPS) is 16.7. The second kappa shape index (κ2) is 6.79. The summed E-state index contributed by atoms with van der Waals surface area (Å²) in [5.41, 5.74) is 6.49. The number of aromatic nitrogens is 1. The zero-order chi connectivity index (χ0) is 14.5. The Morgan fingerprint density at radius 1 is 1.40 bits per heavy atom. The van der Waals surface area contributed by atoms with Gasteiger partial charge < -0.3 is 20.5 Å². The first kappa shape index (κ1) is 14.9. The summed E-state index contributed by atoms with van der Waals surface area (Å²) in [6.45, 7) is 6.94. The van der Waals surface area contributed by atoms with Gasteiger partial charge in [0.05, 0.1) is 12.3 Å². The van der Waals surface area contributed by atoms with E-state index < -0.39 is 0 Å². The van der Waals surface area contributed by atoms with E-state index in [1.165, 1.54) is 0 Å². The minimum Gasteiger partial charge on any atom is -0.476 e. The van der Waals surface area contributed by atoms with Crippen LogP contribution in [0.3, 0.4) is 0 Å². The van der Waals surface area contributed by atoms with Crippen LogP contribution in [0.15, 0.2) is 12.1 Å². The van der Waals surface area contributed by atoms with Gasteiger partial charge in [-0.3, -0.25) is 0 Å². The van der Waals surface area contributed by atoms with Gasteiger partial charge in [-0.25, -0.2) is 0 Å². The number of anilines is 2. The van der Waals surface area contributed by atoms with Crippen LogP contribution >= 0.6 is 0 Å². The van der Waals surface area contributed by atoms with E-state index in [0.29, 0.717) is 30.0 Å². The van der Waals surface area contributed by atoms with Gasteiger partial charge in [0.2, 0.25) is 5.88 Å². The van der Waals surface area contributed by atoms with E-state index >= 15 is 0 Å². The van der Waals surface area contributed by atoms with Crippen molar-refractivity contribution >= 4 is 11.5 Å². The zero-order valence-electron chi connectivity index (χ0n) is 12.4. The van der Waals surface area contributed by atoms with E-state index in [2.05, 4.69) is 23.7 Å². The number of nitrogen functional groups attached to an aromatic ring is 1. The molecule has 1 aliphatic heterocycles. The van der Waals surface area contributed by atoms with Crippen LogP contribution in [0.25, 0.3) is 0 Å². The third-order valence-electron chi connectivity index (χ3n) is 3.63. The van der Waals surface area contributed by atoms with E-state index in [1.54, 1.807) is 0 Å². The molecule has 0 bridgehead atoms. The molecule has 2 rings (SSSR count). The molecular weight excluding hydrogens is 254 g/mol. The number of hydrogen-bond donors (Lipinski definition) is 2. The molecule has 0 aliphatic carbocycles. The summed E-state index contributed by atoms with van der Waals surface area (Å²) in [5.74, 6) is 2.31. The van der Waals surface area contributed by atoms with Gasteiger partial charge in [-0.1, -0.05) is 13.8 Å². The van der Waals surface area contributed by atoms with Crippen molar-refractivity contribution in [3.05, 3.63) is 12.1 Å². The van der Waals surface area contributed by atoms with E-state index in [4.69, 9.17) is 10.5 Å². The van der Waals surface area contributed by atoms with Gasteiger partial charge in [0.15, 0.2) is 0 Å². The monoisotopic (exact) mass is 279 g/mol. The maximum absolute atomic E-state index is 9.18. The average molecular weight is 279 g/mol. The van der Waals surface area contributed by atoms with Crippen molar-refractivity contribution in [2.45, 2.75) is 26.7 Å². The lowest BCUT2D eigenvalue weighted by Gasteiger charge is -2.32. The predicted octanol–water partition coefficient (Wildman–Crippen LogP) is 1.91. The first-order chi connectivity index (χ1) is 9.60. The quantitative estimate of drug-likeness (QED) is 0.861. The molecule has 1 saturated heterocycles. The van der Waals surface area contributed by atoms with E-state index in [0.717, 1.165) is 31.7 Å². The molecule has 112 valence electrons. The highest BCUT2D eigenvalue weighted by Gasteiger charge is 2.20. The Morgan fingerprint density at radius 2 is 2.10 bits per heavy atom. The summed E-state index contributed by atoms with van der Waals surface area (Å²) >= 11 is 0. The molecular formula is C15H25N3O2. The van der Waals surface area contributed by atoms with Crippen molar-refractivity contribution in [1.29, 1.82) is 0 Å². The summed E-state index contributed by atoms with van der Waals surface area (Å²) in [6.07, 6.45) is 2.01. The van der Waals surface area contributed by atoms with Gasteiger partial charge >= 0.3 is 0 Å².